The van der Waals surface area contributed by atoms with Crippen LogP contribution < -0.4 is 15.5 Å². The first-order valence-corrected chi connectivity index (χ1v) is 10.1. The van der Waals surface area contributed by atoms with E-state index >= 15 is 0 Å². The molecular weight excluding hydrogens is 437 g/mol. The molecule has 0 saturated heterocycles. The van der Waals surface area contributed by atoms with Crippen LogP contribution in [0, 0.1) is 0 Å². The van der Waals surface area contributed by atoms with E-state index in [4.69, 9.17) is 27.9 Å². The molecule has 0 heterocycles. The largest absolute Gasteiger partial charge is 0.484 e. The lowest BCUT2D eigenvalue weighted by molar-refractivity contribution is -0.120. The number of carbonyl (C=O) groups excluding carboxylic acids is 2. The van der Waals surface area contributed by atoms with Gasteiger partial charge in [0.2, 0.25) is 5.91 Å². The monoisotopic (exact) mass is 455 g/mol. The number of rotatable bonds is 8. The second-order valence-corrected chi connectivity index (χ2v) is 7.31. The molecule has 0 atom stereocenters. The van der Waals surface area contributed by atoms with Crippen LogP contribution in [0.25, 0.3) is 0 Å². The summed E-state index contributed by atoms with van der Waals surface area (Å²) < 4.78 is 5.52. The molecule has 6 nitrogen and oxygen atoms in total. The number of halogens is 2. The molecule has 0 aliphatic carbocycles. The maximum atomic E-state index is 12.1. The predicted octanol–water partition coefficient (Wildman–Crippen LogP) is 4.70. The summed E-state index contributed by atoms with van der Waals surface area (Å²) in [6.45, 7) is -0.186. The molecule has 2 amide bonds. The number of amides is 2. The van der Waals surface area contributed by atoms with Crippen molar-refractivity contribution >= 4 is 46.9 Å². The van der Waals surface area contributed by atoms with Crippen LogP contribution in [0.4, 0.5) is 5.69 Å². The van der Waals surface area contributed by atoms with Gasteiger partial charge in [0.15, 0.2) is 6.61 Å². The van der Waals surface area contributed by atoms with Gasteiger partial charge in [-0.25, -0.2) is 5.43 Å². The second-order valence-electron chi connectivity index (χ2n) is 6.49. The van der Waals surface area contributed by atoms with Crippen molar-refractivity contribution in [3.8, 4) is 5.75 Å². The highest BCUT2D eigenvalue weighted by molar-refractivity contribution is 6.42. The van der Waals surface area contributed by atoms with Crippen LogP contribution in [-0.2, 0) is 16.0 Å². The number of carbonyl (C=O) groups is 2. The third-order valence-corrected chi connectivity index (χ3v) is 4.78. The normalized spacial score (nSPS) is 10.6. The van der Waals surface area contributed by atoms with Crippen LogP contribution in [0.2, 0.25) is 10.0 Å². The van der Waals surface area contributed by atoms with Gasteiger partial charge in [-0.15, -0.1) is 0 Å². The topological polar surface area (TPSA) is 79.8 Å². The Balaban J connectivity index is 1.48. The van der Waals surface area contributed by atoms with Gasteiger partial charge in [0.05, 0.1) is 22.7 Å². The fraction of sp³-hybridized carbons (Fsp3) is 0.0870. The summed E-state index contributed by atoms with van der Waals surface area (Å²) >= 11 is 11.8. The van der Waals surface area contributed by atoms with Gasteiger partial charge in [-0.1, -0.05) is 65.7 Å². The zero-order valence-electron chi connectivity index (χ0n) is 16.3. The molecule has 3 rings (SSSR count). The van der Waals surface area contributed by atoms with Crippen LogP contribution in [0.3, 0.4) is 0 Å². The second kappa shape index (κ2) is 11.2. The first-order chi connectivity index (χ1) is 15.0. The molecule has 0 radical (unpaired) electrons. The van der Waals surface area contributed by atoms with E-state index in [0.29, 0.717) is 27.0 Å². The number of benzene rings is 3. The number of ether oxygens (including phenoxy) is 1. The molecule has 0 unspecified atom stereocenters. The molecule has 0 saturated carbocycles. The molecular formula is C23H19Cl2N3O3. The molecule has 8 heteroatoms. The van der Waals surface area contributed by atoms with E-state index in [9.17, 15) is 9.59 Å². The van der Waals surface area contributed by atoms with E-state index in [1.54, 1.807) is 42.5 Å². The maximum absolute atomic E-state index is 12.1. The van der Waals surface area contributed by atoms with Gasteiger partial charge >= 0.3 is 0 Å². The highest BCUT2D eigenvalue weighted by Gasteiger charge is 2.06. The summed E-state index contributed by atoms with van der Waals surface area (Å²) in [7, 11) is 0. The lowest BCUT2D eigenvalue weighted by Gasteiger charge is -2.08. The molecule has 0 fully saturated rings. The van der Waals surface area contributed by atoms with Crippen molar-refractivity contribution in [2.24, 2.45) is 5.10 Å². The Kier molecular flexibility index (Phi) is 8.04. The van der Waals surface area contributed by atoms with Crippen molar-refractivity contribution in [2.75, 3.05) is 11.9 Å². The Hall–Kier alpha value is -3.35. The zero-order valence-corrected chi connectivity index (χ0v) is 17.9. The summed E-state index contributed by atoms with van der Waals surface area (Å²) in [5, 5.41) is 7.40. The van der Waals surface area contributed by atoms with E-state index in [0.717, 1.165) is 5.56 Å². The molecule has 0 aromatic heterocycles. The van der Waals surface area contributed by atoms with Crippen LogP contribution in [0.5, 0.6) is 5.75 Å². The summed E-state index contributed by atoms with van der Waals surface area (Å²) in [4.78, 5) is 24.0. The van der Waals surface area contributed by atoms with Gasteiger partial charge in [0, 0.05) is 5.69 Å². The third-order valence-electron chi connectivity index (χ3n) is 4.04. The maximum Gasteiger partial charge on any atom is 0.262 e. The standard InChI is InChI=1S/C23H19Cl2N3O3/c24-20-10-9-18(13-21(20)25)27-23(30)15-31-19-8-4-7-17(11-19)14-26-28-22(29)12-16-5-2-1-3-6-16/h1-11,13-14H,12,15H2,(H,27,30)(H,28,29)/b26-14+. The van der Waals surface area contributed by atoms with Crippen molar-refractivity contribution in [3.05, 3.63) is 94.0 Å². The number of nitrogens with zero attached hydrogens (tertiary/aromatic N) is 1. The highest BCUT2D eigenvalue weighted by Crippen LogP contribution is 2.25. The summed E-state index contributed by atoms with van der Waals surface area (Å²) in [5.41, 5.74) is 4.63. The fourth-order valence-corrected chi connectivity index (χ4v) is 2.90. The smallest absolute Gasteiger partial charge is 0.262 e. The van der Waals surface area contributed by atoms with E-state index in [1.807, 2.05) is 30.3 Å². The van der Waals surface area contributed by atoms with Gasteiger partial charge in [0.1, 0.15) is 5.75 Å². The Morgan fingerprint density at radius 1 is 0.903 bits per heavy atom. The molecule has 0 bridgehead atoms. The third kappa shape index (κ3) is 7.44. The molecule has 2 N–H and O–H groups in total. The minimum atomic E-state index is -0.342. The van der Waals surface area contributed by atoms with Crippen LogP contribution in [0.15, 0.2) is 77.9 Å². The van der Waals surface area contributed by atoms with E-state index < -0.39 is 0 Å². The average Bonchev–Trinajstić information content (AvgIpc) is 2.76. The van der Waals surface area contributed by atoms with Gasteiger partial charge in [0.25, 0.3) is 5.91 Å². The average molecular weight is 456 g/mol. The Morgan fingerprint density at radius 3 is 2.48 bits per heavy atom. The van der Waals surface area contributed by atoms with Gasteiger partial charge in [-0.3, -0.25) is 9.59 Å². The first-order valence-electron chi connectivity index (χ1n) is 9.33. The molecule has 3 aromatic carbocycles. The minimum Gasteiger partial charge on any atom is -0.484 e. The van der Waals surface area contributed by atoms with Gasteiger partial charge in [-0.2, -0.15) is 5.10 Å². The van der Waals surface area contributed by atoms with Gasteiger partial charge < -0.3 is 10.1 Å². The van der Waals surface area contributed by atoms with Crippen molar-refractivity contribution < 1.29 is 14.3 Å². The van der Waals surface area contributed by atoms with E-state index in [1.165, 1.54) is 6.21 Å². The summed E-state index contributed by atoms with van der Waals surface area (Å²) in [6.07, 6.45) is 1.75. The first kappa shape index (κ1) is 22.3. The fourth-order valence-electron chi connectivity index (χ4n) is 2.60. The quantitative estimate of drug-likeness (QED) is 0.381. The zero-order chi connectivity index (χ0) is 22.1. The van der Waals surface area contributed by atoms with Crippen molar-refractivity contribution in [3.63, 3.8) is 0 Å². The number of nitrogens with one attached hydrogen (secondary N) is 2. The number of anilines is 1. The Labute approximate surface area is 189 Å². The Morgan fingerprint density at radius 2 is 1.71 bits per heavy atom. The van der Waals surface area contributed by atoms with E-state index in [2.05, 4.69) is 15.8 Å². The van der Waals surface area contributed by atoms with Crippen molar-refractivity contribution in [1.29, 1.82) is 0 Å². The summed E-state index contributed by atoms with van der Waals surface area (Å²) in [6, 6.07) is 21.2. The lowest BCUT2D eigenvalue weighted by Crippen LogP contribution is -2.20. The van der Waals surface area contributed by atoms with Crippen LogP contribution >= 0.6 is 23.2 Å². The number of hydrogen-bond donors (Lipinski definition) is 2. The van der Waals surface area contributed by atoms with Crippen LogP contribution in [0.1, 0.15) is 11.1 Å². The number of hydrogen-bond acceptors (Lipinski definition) is 4. The lowest BCUT2D eigenvalue weighted by atomic mass is 10.1. The van der Waals surface area contributed by atoms with E-state index in [-0.39, 0.29) is 24.8 Å². The van der Waals surface area contributed by atoms with Gasteiger partial charge in [-0.05, 0) is 41.5 Å². The van der Waals surface area contributed by atoms with Crippen molar-refractivity contribution in [1.82, 2.24) is 5.43 Å². The Bertz CT molecular complexity index is 1090. The summed E-state index contributed by atoms with van der Waals surface area (Å²) in [5.74, 6) is -0.0664. The van der Waals surface area contributed by atoms with Crippen LogP contribution in [-0.4, -0.2) is 24.6 Å². The molecule has 3 aromatic rings. The number of hydrazone groups is 1. The highest BCUT2D eigenvalue weighted by atomic mass is 35.5. The molecule has 0 aliphatic rings. The molecule has 0 aliphatic heterocycles. The molecule has 31 heavy (non-hydrogen) atoms. The predicted molar refractivity (Wildman–Crippen MR) is 123 cm³/mol. The van der Waals surface area contributed by atoms with Crippen molar-refractivity contribution in [2.45, 2.75) is 6.42 Å². The SMILES string of the molecule is O=C(Cc1ccccc1)N/N=C/c1cccc(OCC(=O)Nc2ccc(Cl)c(Cl)c2)c1. The minimum absolute atomic E-state index is 0.186. The molecule has 158 valence electrons. The molecule has 0 spiro atoms.